The molecular formula is C10H18N2O2S. The Hall–Kier alpha value is -0.490. The third-order valence-electron chi connectivity index (χ3n) is 2.03. The Morgan fingerprint density at radius 2 is 2.13 bits per heavy atom. The number of thiazole rings is 1. The van der Waals surface area contributed by atoms with E-state index in [4.69, 9.17) is 15.2 Å². The van der Waals surface area contributed by atoms with E-state index < -0.39 is 0 Å². The average molecular weight is 230 g/mol. The van der Waals surface area contributed by atoms with E-state index in [1.165, 1.54) is 0 Å². The molecule has 86 valence electrons. The predicted octanol–water partition coefficient (Wildman–Crippen LogP) is 1.33. The molecule has 0 amide bonds. The maximum Gasteiger partial charge on any atom is 0.0933 e. The molecule has 1 rings (SSSR count). The molecule has 5 heteroatoms. The number of aryl methyl sites for hydroxylation is 1. The molecule has 0 saturated heterocycles. The van der Waals surface area contributed by atoms with Crippen LogP contribution in [-0.4, -0.2) is 25.8 Å². The standard InChI is InChI=1S/C10H18N2O2S/c1-13-5-3-4-10-12-8(7-14-2)9(6-11)15-10/h3-7,11H2,1-2H3. The minimum atomic E-state index is 0.542. The van der Waals surface area contributed by atoms with Gasteiger partial charge in [-0.1, -0.05) is 0 Å². The summed E-state index contributed by atoms with van der Waals surface area (Å²) >= 11 is 1.68. The molecule has 0 unspecified atom stereocenters. The molecule has 0 saturated carbocycles. The fraction of sp³-hybridized carbons (Fsp3) is 0.700. The van der Waals surface area contributed by atoms with Crippen LogP contribution in [0.3, 0.4) is 0 Å². The van der Waals surface area contributed by atoms with Crippen molar-refractivity contribution >= 4 is 11.3 Å². The summed E-state index contributed by atoms with van der Waals surface area (Å²) < 4.78 is 10.1. The van der Waals surface area contributed by atoms with Crippen LogP contribution in [0.15, 0.2) is 0 Å². The number of nitrogens with zero attached hydrogens (tertiary/aromatic N) is 1. The second-order valence-electron chi connectivity index (χ2n) is 3.21. The van der Waals surface area contributed by atoms with Gasteiger partial charge in [-0.15, -0.1) is 11.3 Å². The van der Waals surface area contributed by atoms with Crippen LogP contribution >= 0.6 is 11.3 Å². The molecule has 4 nitrogen and oxygen atoms in total. The Balaban J connectivity index is 2.57. The minimum absolute atomic E-state index is 0.542. The van der Waals surface area contributed by atoms with Gasteiger partial charge < -0.3 is 15.2 Å². The largest absolute Gasteiger partial charge is 0.385 e. The molecule has 0 atom stereocenters. The van der Waals surface area contributed by atoms with Crippen molar-refractivity contribution in [2.45, 2.75) is 26.0 Å². The summed E-state index contributed by atoms with van der Waals surface area (Å²) in [6, 6.07) is 0. The molecule has 0 fully saturated rings. The van der Waals surface area contributed by atoms with Crippen molar-refractivity contribution in [3.8, 4) is 0 Å². The van der Waals surface area contributed by atoms with E-state index in [-0.39, 0.29) is 0 Å². The molecule has 0 radical (unpaired) electrons. The molecule has 1 aromatic rings. The number of ether oxygens (including phenoxy) is 2. The van der Waals surface area contributed by atoms with E-state index in [2.05, 4.69) is 4.98 Å². The number of rotatable bonds is 7. The number of nitrogens with two attached hydrogens (primary N) is 1. The fourth-order valence-corrected chi connectivity index (χ4v) is 2.31. The fourth-order valence-electron chi connectivity index (χ4n) is 1.32. The maximum atomic E-state index is 5.64. The Bertz CT molecular complexity index is 289. The van der Waals surface area contributed by atoms with Crippen molar-refractivity contribution in [1.29, 1.82) is 0 Å². The second kappa shape index (κ2) is 6.90. The normalized spacial score (nSPS) is 10.9. The zero-order valence-corrected chi connectivity index (χ0v) is 10.1. The summed E-state index contributed by atoms with van der Waals surface area (Å²) in [5.74, 6) is 0. The van der Waals surface area contributed by atoms with Crippen LogP contribution < -0.4 is 5.73 Å². The highest BCUT2D eigenvalue weighted by atomic mass is 32.1. The molecule has 15 heavy (non-hydrogen) atoms. The van der Waals surface area contributed by atoms with E-state index in [0.29, 0.717) is 13.2 Å². The Labute approximate surface area is 94.4 Å². The van der Waals surface area contributed by atoms with Gasteiger partial charge in [0.2, 0.25) is 0 Å². The maximum absolute atomic E-state index is 5.64. The first-order valence-corrected chi connectivity index (χ1v) is 5.78. The molecule has 0 bridgehead atoms. The SMILES string of the molecule is COCCCc1nc(COC)c(CN)s1. The molecule has 0 aliphatic rings. The van der Waals surface area contributed by atoms with Crippen LogP contribution in [-0.2, 0) is 29.0 Å². The van der Waals surface area contributed by atoms with Crippen LogP contribution in [0.4, 0.5) is 0 Å². The van der Waals surface area contributed by atoms with Gasteiger partial charge in [-0.2, -0.15) is 0 Å². The van der Waals surface area contributed by atoms with Gasteiger partial charge in [0.15, 0.2) is 0 Å². The quantitative estimate of drug-likeness (QED) is 0.718. The van der Waals surface area contributed by atoms with Crippen molar-refractivity contribution in [3.05, 3.63) is 15.6 Å². The van der Waals surface area contributed by atoms with Crippen molar-refractivity contribution in [2.24, 2.45) is 5.73 Å². The van der Waals surface area contributed by atoms with Crippen LogP contribution in [0.2, 0.25) is 0 Å². The van der Waals surface area contributed by atoms with E-state index in [1.807, 2.05) is 0 Å². The van der Waals surface area contributed by atoms with Crippen molar-refractivity contribution in [1.82, 2.24) is 4.98 Å². The van der Waals surface area contributed by atoms with Crippen molar-refractivity contribution in [3.63, 3.8) is 0 Å². The smallest absolute Gasteiger partial charge is 0.0933 e. The number of methoxy groups -OCH3 is 2. The zero-order chi connectivity index (χ0) is 11.1. The first kappa shape index (κ1) is 12.6. The van der Waals surface area contributed by atoms with Crippen LogP contribution in [0.25, 0.3) is 0 Å². The number of hydrogen-bond acceptors (Lipinski definition) is 5. The lowest BCUT2D eigenvalue weighted by Crippen LogP contribution is -1.99. The van der Waals surface area contributed by atoms with Gasteiger partial charge in [-0.05, 0) is 6.42 Å². The highest BCUT2D eigenvalue weighted by Crippen LogP contribution is 2.20. The highest BCUT2D eigenvalue weighted by molar-refractivity contribution is 7.11. The molecule has 0 aliphatic heterocycles. The number of hydrogen-bond donors (Lipinski definition) is 1. The summed E-state index contributed by atoms with van der Waals surface area (Å²) in [5, 5.41) is 1.12. The molecule has 1 heterocycles. The first-order chi connectivity index (χ1) is 7.31. The number of aromatic nitrogens is 1. The Morgan fingerprint density at radius 1 is 1.33 bits per heavy atom. The van der Waals surface area contributed by atoms with Crippen molar-refractivity contribution < 1.29 is 9.47 Å². The average Bonchev–Trinajstić information content (AvgIpc) is 2.62. The van der Waals surface area contributed by atoms with Gasteiger partial charge in [0, 0.05) is 38.7 Å². The summed E-state index contributed by atoms with van der Waals surface area (Å²) in [7, 11) is 3.38. The van der Waals surface area contributed by atoms with Gasteiger partial charge in [0.05, 0.1) is 17.3 Å². The molecule has 2 N–H and O–H groups in total. The minimum Gasteiger partial charge on any atom is -0.385 e. The van der Waals surface area contributed by atoms with Gasteiger partial charge in [0.25, 0.3) is 0 Å². The molecule has 0 aliphatic carbocycles. The summed E-state index contributed by atoms with van der Waals surface area (Å²) in [6.45, 7) is 1.87. The monoisotopic (exact) mass is 230 g/mol. The summed E-state index contributed by atoms with van der Waals surface area (Å²) in [4.78, 5) is 5.63. The molecule has 0 spiro atoms. The topological polar surface area (TPSA) is 57.4 Å². The van der Waals surface area contributed by atoms with Gasteiger partial charge >= 0.3 is 0 Å². The first-order valence-electron chi connectivity index (χ1n) is 4.97. The van der Waals surface area contributed by atoms with E-state index >= 15 is 0 Å². The molecule has 0 aromatic carbocycles. The Kier molecular flexibility index (Phi) is 5.78. The van der Waals surface area contributed by atoms with Crippen LogP contribution in [0, 0.1) is 0 Å². The zero-order valence-electron chi connectivity index (χ0n) is 9.28. The van der Waals surface area contributed by atoms with Crippen LogP contribution in [0.5, 0.6) is 0 Å². The van der Waals surface area contributed by atoms with E-state index in [1.54, 1.807) is 25.6 Å². The summed E-state index contributed by atoms with van der Waals surface area (Å²) in [5.41, 5.74) is 6.62. The van der Waals surface area contributed by atoms with E-state index in [0.717, 1.165) is 35.0 Å². The van der Waals surface area contributed by atoms with Gasteiger partial charge in [-0.25, -0.2) is 4.98 Å². The summed E-state index contributed by atoms with van der Waals surface area (Å²) in [6.07, 6.45) is 1.95. The van der Waals surface area contributed by atoms with Crippen LogP contribution in [0.1, 0.15) is 22.0 Å². The second-order valence-corrected chi connectivity index (χ2v) is 4.38. The van der Waals surface area contributed by atoms with Gasteiger partial charge in [-0.3, -0.25) is 0 Å². The third kappa shape index (κ3) is 3.87. The van der Waals surface area contributed by atoms with Gasteiger partial charge in [0.1, 0.15) is 0 Å². The lowest BCUT2D eigenvalue weighted by molar-refractivity contribution is 0.181. The highest BCUT2D eigenvalue weighted by Gasteiger charge is 2.09. The predicted molar refractivity (Wildman–Crippen MR) is 60.9 cm³/mol. The van der Waals surface area contributed by atoms with E-state index in [9.17, 15) is 0 Å². The Morgan fingerprint density at radius 3 is 2.73 bits per heavy atom. The lowest BCUT2D eigenvalue weighted by Gasteiger charge is -1.96. The molecular weight excluding hydrogens is 212 g/mol. The molecule has 1 aromatic heterocycles. The lowest BCUT2D eigenvalue weighted by atomic mass is 10.3. The van der Waals surface area contributed by atoms with Crippen molar-refractivity contribution in [2.75, 3.05) is 20.8 Å². The third-order valence-corrected chi connectivity index (χ3v) is 3.21.